The number of rotatable bonds is 5. The van der Waals surface area contributed by atoms with Gasteiger partial charge in [0.1, 0.15) is 5.82 Å². The molecule has 1 aliphatic rings. The standard InChI is InChI=1S/C18H23N3O/c1-14-5-4-8-18(20-14)19-11-15-6-2-3-7-16(15)12-21-10-9-17(22)13-21/h2-8,17,22H,9-13H2,1H3,(H,19,20)/t17-/m0/s1. The summed E-state index contributed by atoms with van der Waals surface area (Å²) in [5.41, 5.74) is 3.62. The number of β-amino-alcohol motifs (C(OH)–C–C–N with tert-alkyl or cyclic N) is 1. The first-order valence-corrected chi connectivity index (χ1v) is 7.85. The largest absolute Gasteiger partial charge is 0.392 e. The van der Waals surface area contributed by atoms with Crippen molar-refractivity contribution in [2.45, 2.75) is 32.5 Å². The third kappa shape index (κ3) is 3.84. The van der Waals surface area contributed by atoms with Crippen molar-refractivity contribution in [1.29, 1.82) is 0 Å². The van der Waals surface area contributed by atoms with Crippen molar-refractivity contribution in [3.8, 4) is 0 Å². The van der Waals surface area contributed by atoms with Crippen LogP contribution in [0, 0.1) is 6.92 Å². The van der Waals surface area contributed by atoms with E-state index in [1.54, 1.807) is 0 Å². The number of aliphatic hydroxyl groups is 1. The van der Waals surface area contributed by atoms with Crippen molar-refractivity contribution in [3.05, 3.63) is 59.3 Å². The zero-order chi connectivity index (χ0) is 15.4. The molecule has 0 bridgehead atoms. The van der Waals surface area contributed by atoms with Crippen LogP contribution < -0.4 is 5.32 Å². The van der Waals surface area contributed by atoms with Gasteiger partial charge < -0.3 is 10.4 Å². The van der Waals surface area contributed by atoms with E-state index >= 15 is 0 Å². The maximum Gasteiger partial charge on any atom is 0.126 e. The Morgan fingerprint density at radius 1 is 1.18 bits per heavy atom. The molecule has 0 spiro atoms. The summed E-state index contributed by atoms with van der Waals surface area (Å²) in [6.07, 6.45) is 0.718. The van der Waals surface area contributed by atoms with Crippen LogP contribution in [-0.4, -0.2) is 34.2 Å². The second-order valence-corrected chi connectivity index (χ2v) is 5.96. The van der Waals surface area contributed by atoms with Gasteiger partial charge >= 0.3 is 0 Å². The van der Waals surface area contributed by atoms with E-state index in [4.69, 9.17) is 0 Å². The van der Waals surface area contributed by atoms with Crippen molar-refractivity contribution in [1.82, 2.24) is 9.88 Å². The third-order valence-corrected chi connectivity index (χ3v) is 4.11. The Kier molecular flexibility index (Phi) is 4.71. The Labute approximate surface area is 131 Å². The van der Waals surface area contributed by atoms with Gasteiger partial charge in [-0.1, -0.05) is 30.3 Å². The molecule has 0 saturated carbocycles. The van der Waals surface area contributed by atoms with Crippen molar-refractivity contribution in [2.75, 3.05) is 18.4 Å². The summed E-state index contributed by atoms with van der Waals surface area (Å²) >= 11 is 0. The summed E-state index contributed by atoms with van der Waals surface area (Å²) in [6, 6.07) is 14.5. The molecule has 22 heavy (non-hydrogen) atoms. The molecule has 116 valence electrons. The molecule has 1 fully saturated rings. The van der Waals surface area contributed by atoms with Crippen LogP contribution in [0.15, 0.2) is 42.5 Å². The van der Waals surface area contributed by atoms with Crippen molar-refractivity contribution in [2.24, 2.45) is 0 Å². The number of likely N-dealkylation sites (tertiary alicyclic amines) is 1. The summed E-state index contributed by atoms with van der Waals surface area (Å²) in [7, 11) is 0. The summed E-state index contributed by atoms with van der Waals surface area (Å²) in [4.78, 5) is 6.79. The number of aliphatic hydroxyl groups excluding tert-OH is 1. The first-order valence-electron chi connectivity index (χ1n) is 7.85. The molecular formula is C18H23N3O. The number of benzene rings is 1. The minimum absolute atomic E-state index is 0.165. The average Bonchev–Trinajstić information content (AvgIpc) is 2.92. The maximum atomic E-state index is 9.66. The van der Waals surface area contributed by atoms with E-state index in [2.05, 4.69) is 39.5 Å². The fraction of sp³-hybridized carbons (Fsp3) is 0.389. The summed E-state index contributed by atoms with van der Waals surface area (Å²) in [5, 5.41) is 13.1. The number of aromatic nitrogens is 1. The topological polar surface area (TPSA) is 48.4 Å². The molecule has 1 atom stereocenters. The lowest BCUT2D eigenvalue weighted by atomic mass is 10.1. The Balaban J connectivity index is 1.66. The van der Waals surface area contributed by atoms with Crippen LogP contribution in [0.1, 0.15) is 23.2 Å². The monoisotopic (exact) mass is 297 g/mol. The lowest BCUT2D eigenvalue weighted by Gasteiger charge is -2.18. The van der Waals surface area contributed by atoms with E-state index < -0.39 is 0 Å². The number of nitrogens with zero attached hydrogens (tertiary/aromatic N) is 2. The Bertz CT molecular complexity index is 629. The zero-order valence-corrected chi connectivity index (χ0v) is 13.0. The number of nitrogens with one attached hydrogen (secondary N) is 1. The molecule has 0 radical (unpaired) electrons. The lowest BCUT2D eigenvalue weighted by Crippen LogP contribution is -2.22. The second-order valence-electron chi connectivity index (χ2n) is 5.96. The highest BCUT2D eigenvalue weighted by molar-refractivity contribution is 5.38. The van der Waals surface area contributed by atoms with Crippen LogP contribution in [0.3, 0.4) is 0 Å². The molecule has 1 aromatic heterocycles. The van der Waals surface area contributed by atoms with E-state index in [9.17, 15) is 5.11 Å². The van der Waals surface area contributed by atoms with E-state index in [0.29, 0.717) is 0 Å². The maximum absolute atomic E-state index is 9.66. The first kappa shape index (κ1) is 15.0. The van der Waals surface area contributed by atoms with Crippen molar-refractivity contribution < 1.29 is 5.11 Å². The number of pyridine rings is 1. The summed E-state index contributed by atoms with van der Waals surface area (Å²) in [6.45, 7) is 5.42. The molecule has 2 aromatic rings. The number of hydrogen-bond acceptors (Lipinski definition) is 4. The highest BCUT2D eigenvalue weighted by Gasteiger charge is 2.20. The van der Waals surface area contributed by atoms with Crippen LogP contribution in [0.5, 0.6) is 0 Å². The first-order chi connectivity index (χ1) is 10.7. The van der Waals surface area contributed by atoms with Gasteiger partial charge in [0.2, 0.25) is 0 Å². The van der Waals surface area contributed by atoms with Gasteiger partial charge in [0.05, 0.1) is 6.10 Å². The van der Waals surface area contributed by atoms with E-state index in [1.807, 2.05) is 25.1 Å². The zero-order valence-electron chi connectivity index (χ0n) is 13.0. The predicted molar refractivity (Wildman–Crippen MR) is 88.6 cm³/mol. The van der Waals surface area contributed by atoms with Crippen LogP contribution >= 0.6 is 0 Å². The molecule has 4 nitrogen and oxygen atoms in total. The van der Waals surface area contributed by atoms with Gasteiger partial charge in [-0.2, -0.15) is 0 Å². The molecular weight excluding hydrogens is 274 g/mol. The van der Waals surface area contributed by atoms with Crippen LogP contribution in [0.25, 0.3) is 0 Å². The van der Waals surface area contributed by atoms with Gasteiger partial charge in [-0.25, -0.2) is 4.98 Å². The molecule has 0 aliphatic carbocycles. The lowest BCUT2D eigenvalue weighted by molar-refractivity contribution is 0.174. The van der Waals surface area contributed by atoms with Gasteiger partial charge in [0.25, 0.3) is 0 Å². The van der Waals surface area contributed by atoms with Crippen LogP contribution in [-0.2, 0) is 13.1 Å². The molecule has 1 aliphatic heterocycles. The molecule has 0 unspecified atom stereocenters. The minimum Gasteiger partial charge on any atom is -0.392 e. The number of hydrogen-bond donors (Lipinski definition) is 2. The average molecular weight is 297 g/mol. The SMILES string of the molecule is Cc1cccc(NCc2ccccc2CN2CC[C@H](O)C2)n1. The van der Waals surface area contributed by atoms with Gasteiger partial charge in [0, 0.05) is 31.9 Å². The Hall–Kier alpha value is -1.91. The van der Waals surface area contributed by atoms with Gasteiger partial charge in [-0.15, -0.1) is 0 Å². The molecule has 3 rings (SSSR count). The van der Waals surface area contributed by atoms with Crippen LogP contribution in [0.4, 0.5) is 5.82 Å². The number of anilines is 1. The molecule has 1 aromatic carbocycles. The van der Waals surface area contributed by atoms with Crippen LogP contribution in [0.2, 0.25) is 0 Å². The van der Waals surface area contributed by atoms with E-state index in [1.165, 1.54) is 11.1 Å². The quantitative estimate of drug-likeness (QED) is 0.890. The normalized spacial score (nSPS) is 18.5. The molecule has 2 heterocycles. The fourth-order valence-corrected chi connectivity index (χ4v) is 2.91. The number of aryl methyl sites for hydroxylation is 1. The smallest absolute Gasteiger partial charge is 0.126 e. The fourth-order valence-electron chi connectivity index (χ4n) is 2.91. The van der Waals surface area contributed by atoms with E-state index in [0.717, 1.165) is 44.1 Å². The molecule has 4 heteroatoms. The Morgan fingerprint density at radius 2 is 2.00 bits per heavy atom. The van der Waals surface area contributed by atoms with Crippen molar-refractivity contribution >= 4 is 5.82 Å². The minimum atomic E-state index is -0.165. The molecule has 0 amide bonds. The van der Waals surface area contributed by atoms with Gasteiger partial charge in [-0.05, 0) is 36.6 Å². The van der Waals surface area contributed by atoms with Gasteiger partial charge in [-0.3, -0.25) is 4.90 Å². The third-order valence-electron chi connectivity index (χ3n) is 4.11. The highest BCUT2D eigenvalue weighted by atomic mass is 16.3. The second kappa shape index (κ2) is 6.90. The molecule has 2 N–H and O–H groups in total. The highest BCUT2D eigenvalue weighted by Crippen LogP contribution is 2.17. The van der Waals surface area contributed by atoms with Gasteiger partial charge in [0.15, 0.2) is 0 Å². The predicted octanol–water partition coefficient (Wildman–Crippen LogP) is 2.57. The van der Waals surface area contributed by atoms with E-state index in [-0.39, 0.29) is 6.10 Å². The van der Waals surface area contributed by atoms with Crippen molar-refractivity contribution in [3.63, 3.8) is 0 Å². The summed E-state index contributed by atoms with van der Waals surface area (Å²) < 4.78 is 0. The Morgan fingerprint density at radius 3 is 2.73 bits per heavy atom. The molecule has 1 saturated heterocycles. The summed E-state index contributed by atoms with van der Waals surface area (Å²) in [5.74, 6) is 0.909.